The summed E-state index contributed by atoms with van der Waals surface area (Å²) in [5, 5.41) is 6.74. The van der Waals surface area contributed by atoms with Gasteiger partial charge in [0.2, 0.25) is 0 Å². The smallest absolute Gasteiger partial charge is 0.195 e. The fraction of sp³-hybridized carbons (Fsp3) is 0.409. The Labute approximate surface area is 195 Å². The Hall–Kier alpha value is -2.36. The number of nitrogens with one attached hydrogen (secondary N) is 2. The summed E-state index contributed by atoms with van der Waals surface area (Å²) in [5.41, 5.74) is 2.04. The molecule has 0 aromatic heterocycles. The van der Waals surface area contributed by atoms with E-state index in [4.69, 9.17) is 14.2 Å². The lowest BCUT2D eigenvalue weighted by molar-refractivity contribution is 0.355. The zero-order chi connectivity index (χ0) is 20.6. The van der Waals surface area contributed by atoms with E-state index in [9.17, 15) is 0 Å². The minimum atomic E-state index is 0. The van der Waals surface area contributed by atoms with Crippen LogP contribution in [0.2, 0.25) is 0 Å². The number of ether oxygens (including phenoxy) is 3. The van der Waals surface area contributed by atoms with Gasteiger partial charge in [-0.25, -0.2) is 0 Å². The van der Waals surface area contributed by atoms with Gasteiger partial charge in [0.15, 0.2) is 17.5 Å². The SMILES string of the molecule is CN=C(NCC1CCN(c2ccccc2OC)C1)Nc1ccc(OC)c(OC)c1.I. The summed E-state index contributed by atoms with van der Waals surface area (Å²) in [6, 6.07) is 13.9. The number of para-hydroxylation sites is 2. The number of aliphatic imine (C=N–C) groups is 1. The Morgan fingerprint density at radius 1 is 1.03 bits per heavy atom. The van der Waals surface area contributed by atoms with E-state index < -0.39 is 0 Å². The third-order valence-corrected chi connectivity index (χ3v) is 5.14. The van der Waals surface area contributed by atoms with Crippen molar-refractivity contribution in [1.29, 1.82) is 0 Å². The lowest BCUT2D eigenvalue weighted by atomic mass is 10.1. The van der Waals surface area contributed by atoms with Gasteiger partial charge >= 0.3 is 0 Å². The van der Waals surface area contributed by atoms with Crippen LogP contribution in [-0.4, -0.2) is 54.0 Å². The van der Waals surface area contributed by atoms with Gasteiger partial charge < -0.3 is 29.7 Å². The van der Waals surface area contributed by atoms with Gasteiger partial charge in [0.05, 0.1) is 27.0 Å². The van der Waals surface area contributed by atoms with Gasteiger partial charge in [-0.2, -0.15) is 0 Å². The molecule has 2 aromatic carbocycles. The molecule has 8 heteroatoms. The zero-order valence-electron chi connectivity index (χ0n) is 18.0. The molecule has 3 rings (SSSR count). The summed E-state index contributed by atoms with van der Waals surface area (Å²) in [7, 11) is 6.74. The highest BCUT2D eigenvalue weighted by molar-refractivity contribution is 14.0. The molecule has 0 radical (unpaired) electrons. The number of guanidine groups is 1. The Balaban J connectivity index is 0.00000320. The Kier molecular flexibility index (Phi) is 9.35. The van der Waals surface area contributed by atoms with Gasteiger partial charge in [0, 0.05) is 38.4 Å². The van der Waals surface area contributed by atoms with Crippen molar-refractivity contribution in [3.8, 4) is 17.2 Å². The molecule has 1 aliphatic rings. The standard InChI is InChI=1S/C22H30N4O3.HI/c1-23-22(25-17-9-10-20(28-3)21(13-17)29-4)24-14-16-11-12-26(15-16)18-7-5-6-8-19(18)27-2;/h5-10,13,16H,11-12,14-15H2,1-4H3,(H2,23,24,25);1H. The van der Waals surface area contributed by atoms with Gasteiger partial charge in [0.25, 0.3) is 0 Å². The Morgan fingerprint density at radius 3 is 2.47 bits per heavy atom. The van der Waals surface area contributed by atoms with Crippen molar-refractivity contribution in [2.24, 2.45) is 10.9 Å². The molecule has 0 spiro atoms. The van der Waals surface area contributed by atoms with E-state index in [0.29, 0.717) is 17.4 Å². The number of anilines is 2. The molecule has 0 amide bonds. The summed E-state index contributed by atoms with van der Waals surface area (Å²) in [6.45, 7) is 2.85. The van der Waals surface area contributed by atoms with Crippen molar-refractivity contribution in [3.63, 3.8) is 0 Å². The second-order valence-electron chi connectivity index (χ2n) is 6.92. The molecule has 7 nitrogen and oxygen atoms in total. The highest BCUT2D eigenvalue weighted by Crippen LogP contribution is 2.32. The predicted molar refractivity (Wildman–Crippen MR) is 133 cm³/mol. The van der Waals surface area contributed by atoms with E-state index >= 15 is 0 Å². The van der Waals surface area contributed by atoms with E-state index in [0.717, 1.165) is 49.1 Å². The average Bonchev–Trinajstić information content (AvgIpc) is 3.25. The molecule has 30 heavy (non-hydrogen) atoms. The molecule has 0 saturated carbocycles. The number of hydrogen-bond acceptors (Lipinski definition) is 5. The number of nitrogens with zero attached hydrogens (tertiary/aromatic N) is 2. The van der Waals surface area contributed by atoms with E-state index in [-0.39, 0.29) is 24.0 Å². The molecular weight excluding hydrogens is 495 g/mol. The molecule has 164 valence electrons. The molecule has 1 unspecified atom stereocenters. The third-order valence-electron chi connectivity index (χ3n) is 5.14. The first-order valence-corrected chi connectivity index (χ1v) is 9.76. The number of rotatable bonds is 7. The first-order valence-electron chi connectivity index (χ1n) is 9.76. The molecule has 1 fully saturated rings. The van der Waals surface area contributed by atoms with Gasteiger partial charge in [-0.05, 0) is 36.6 Å². The van der Waals surface area contributed by atoms with Gasteiger partial charge in [0.1, 0.15) is 5.75 Å². The minimum absolute atomic E-state index is 0. The molecule has 1 aliphatic heterocycles. The maximum Gasteiger partial charge on any atom is 0.195 e. The molecule has 2 aromatic rings. The van der Waals surface area contributed by atoms with Crippen LogP contribution in [0, 0.1) is 5.92 Å². The van der Waals surface area contributed by atoms with Crippen molar-refractivity contribution in [2.75, 3.05) is 58.2 Å². The van der Waals surface area contributed by atoms with Crippen molar-refractivity contribution in [3.05, 3.63) is 42.5 Å². The average molecular weight is 526 g/mol. The largest absolute Gasteiger partial charge is 0.495 e. The van der Waals surface area contributed by atoms with Crippen molar-refractivity contribution >= 4 is 41.3 Å². The number of benzene rings is 2. The monoisotopic (exact) mass is 526 g/mol. The van der Waals surface area contributed by atoms with Crippen molar-refractivity contribution in [2.45, 2.75) is 6.42 Å². The minimum Gasteiger partial charge on any atom is -0.495 e. The summed E-state index contributed by atoms with van der Waals surface area (Å²) in [4.78, 5) is 6.72. The van der Waals surface area contributed by atoms with Crippen LogP contribution in [0.1, 0.15) is 6.42 Å². The topological polar surface area (TPSA) is 67.4 Å². The van der Waals surface area contributed by atoms with Gasteiger partial charge in [-0.1, -0.05) is 12.1 Å². The van der Waals surface area contributed by atoms with Gasteiger partial charge in [-0.3, -0.25) is 4.99 Å². The summed E-state index contributed by atoms with van der Waals surface area (Å²) in [5.74, 6) is 3.56. The van der Waals surface area contributed by atoms with E-state index in [1.165, 1.54) is 0 Å². The van der Waals surface area contributed by atoms with Crippen LogP contribution in [0.4, 0.5) is 11.4 Å². The van der Waals surface area contributed by atoms with Crippen molar-refractivity contribution < 1.29 is 14.2 Å². The number of hydrogen-bond donors (Lipinski definition) is 2. The fourth-order valence-corrected chi connectivity index (χ4v) is 3.58. The highest BCUT2D eigenvalue weighted by atomic mass is 127. The second-order valence-corrected chi connectivity index (χ2v) is 6.92. The lowest BCUT2D eigenvalue weighted by Crippen LogP contribution is -2.35. The van der Waals surface area contributed by atoms with Crippen LogP contribution in [0.25, 0.3) is 0 Å². The lowest BCUT2D eigenvalue weighted by Gasteiger charge is -2.21. The maximum atomic E-state index is 5.50. The normalized spacial score (nSPS) is 15.9. The third kappa shape index (κ3) is 5.84. The van der Waals surface area contributed by atoms with Crippen LogP contribution >= 0.6 is 24.0 Å². The number of methoxy groups -OCH3 is 3. The second kappa shape index (κ2) is 11.7. The summed E-state index contributed by atoms with van der Waals surface area (Å²) < 4.78 is 16.2. The van der Waals surface area contributed by atoms with Gasteiger partial charge in [-0.15, -0.1) is 24.0 Å². The highest BCUT2D eigenvalue weighted by Gasteiger charge is 2.24. The van der Waals surface area contributed by atoms with Crippen molar-refractivity contribution in [1.82, 2.24) is 5.32 Å². The predicted octanol–water partition coefficient (Wildman–Crippen LogP) is 3.84. The first-order chi connectivity index (χ1) is 14.2. The summed E-state index contributed by atoms with van der Waals surface area (Å²) >= 11 is 0. The molecule has 0 aliphatic carbocycles. The van der Waals surface area contributed by atoms with E-state index in [1.54, 1.807) is 28.4 Å². The molecule has 0 bridgehead atoms. The van der Waals surface area contributed by atoms with Crippen LogP contribution < -0.4 is 29.7 Å². The first kappa shape index (κ1) is 23.9. The van der Waals surface area contributed by atoms with E-state index in [1.807, 2.05) is 30.3 Å². The molecular formula is C22H31IN4O3. The molecule has 1 heterocycles. The Bertz CT molecular complexity index is 847. The van der Waals surface area contributed by atoms with Crippen LogP contribution in [-0.2, 0) is 0 Å². The van der Waals surface area contributed by atoms with Crippen LogP contribution in [0.3, 0.4) is 0 Å². The maximum absolute atomic E-state index is 5.50. The summed E-state index contributed by atoms with van der Waals surface area (Å²) in [6.07, 6.45) is 1.12. The molecule has 1 atom stereocenters. The quantitative estimate of drug-likeness (QED) is 0.325. The fourth-order valence-electron chi connectivity index (χ4n) is 3.58. The van der Waals surface area contributed by atoms with Crippen LogP contribution in [0.5, 0.6) is 17.2 Å². The van der Waals surface area contributed by atoms with Crippen LogP contribution in [0.15, 0.2) is 47.5 Å². The van der Waals surface area contributed by atoms with E-state index in [2.05, 4.69) is 32.7 Å². The Morgan fingerprint density at radius 2 is 1.77 bits per heavy atom. The zero-order valence-corrected chi connectivity index (χ0v) is 20.3. The molecule has 2 N–H and O–H groups in total. The number of halogens is 1. The molecule has 1 saturated heterocycles.